The van der Waals surface area contributed by atoms with Gasteiger partial charge in [0.2, 0.25) is 0 Å². The smallest absolute Gasteiger partial charge is 0.287 e. The predicted molar refractivity (Wildman–Crippen MR) is 64.9 cm³/mol. The van der Waals surface area contributed by atoms with Crippen LogP contribution >= 0.6 is 0 Å². The third-order valence-electron chi connectivity index (χ3n) is 3.21. The maximum Gasteiger partial charge on any atom is 0.287 e. The fourth-order valence-electron chi connectivity index (χ4n) is 2.07. The zero-order valence-corrected chi connectivity index (χ0v) is 9.58. The van der Waals surface area contributed by atoms with Gasteiger partial charge in [-0.1, -0.05) is 0 Å². The first kappa shape index (κ1) is 11.8. The van der Waals surface area contributed by atoms with Gasteiger partial charge in [-0.2, -0.15) is 0 Å². The van der Waals surface area contributed by atoms with Crippen molar-refractivity contribution in [2.75, 3.05) is 24.5 Å². The number of hydrogen-bond acceptors (Lipinski definition) is 5. The number of hydrogen-bond donors (Lipinski definition) is 1. The summed E-state index contributed by atoms with van der Waals surface area (Å²) in [5.41, 5.74) is 5.66. The van der Waals surface area contributed by atoms with Gasteiger partial charge in [-0.05, 0) is 31.4 Å². The lowest BCUT2D eigenvalue weighted by molar-refractivity contribution is -0.385. The lowest BCUT2D eigenvalue weighted by Gasteiger charge is -2.32. The maximum absolute atomic E-state index is 10.5. The first-order valence-corrected chi connectivity index (χ1v) is 5.76. The molecule has 1 aliphatic rings. The van der Waals surface area contributed by atoms with E-state index in [-0.39, 0.29) is 5.69 Å². The SMILES string of the molecule is NCC1CCN(c2ccc([N+](=O)[O-])cn2)CC1. The minimum Gasteiger partial charge on any atom is -0.357 e. The summed E-state index contributed by atoms with van der Waals surface area (Å²) < 4.78 is 0. The summed E-state index contributed by atoms with van der Waals surface area (Å²) in [6, 6.07) is 3.21. The molecule has 1 fully saturated rings. The fraction of sp³-hybridized carbons (Fsp3) is 0.545. The molecule has 2 heterocycles. The van der Waals surface area contributed by atoms with Crippen LogP contribution in [0.15, 0.2) is 18.3 Å². The Bertz CT molecular complexity index is 385. The van der Waals surface area contributed by atoms with Gasteiger partial charge in [-0.3, -0.25) is 10.1 Å². The number of nitrogens with two attached hydrogens (primary N) is 1. The molecular weight excluding hydrogens is 220 g/mol. The number of anilines is 1. The number of piperidine rings is 1. The van der Waals surface area contributed by atoms with Crippen LogP contribution < -0.4 is 10.6 Å². The Labute approximate surface area is 99.6 Å². The summed E-state index contributed by atoms with van der Waals surface area (Å²) >= 11 is 0. The average molecular weight is 236 g/mol. The number of nitrogens with zero attached hydrogens (tertiary/aromatic N) is 3. The van der Waals surface area contributed by atoms with Crippen LogP contribution in [0.25, 0.3) is 0 Å². The normalized spacial score (nSPS) is 17.1. The molecule has 0 spiro atoms. The standard InChI is InChI=1S/C11H16N4O2/c12-7-9-3-5-14(6-4-9)11-2-1-10(8-13-11)15(16)17/h1-2,8-9H,3-7,12H2. The number of rotatable bonds is 3. The second-order valence-electron chi connectivity index (χ2n) is 4.30. The van der Waals surface area contributed by atoms with Gasteiger partial charge in [-0.25, -0.2) is 4.98 Å². The van der Waals surface area contributed by atoms with Gasteiger partial charge in [0.1, 0.15) is 12.0 Å². The second kappa shape index (κ2) is 5.09. The molecule has 1 aromatic heterocycles. The van der Waals surface area contributed by atoms with Crippen molar-refractivity contribution < 1.29 is 4.92 Å². The minimum atomic E-state index is -0.433. The van der Waals surface area contributed by atoms with E-state index in [1.54, 1.807) is 6.07 Å². The molecule has 2 N–H and O–H groups in total. The molecule has 1 aliphatic heterocycles. The Kier molecular flexibility index (Phi) is 3.53. The van der Waals surface area contributed by atoms with Crippen LogP contribution in [-0.2, 0) is 0 Å². The molecule has 2 rings (SSSR count). The zero-order chi connectivity index (χ0) is 12.3. The highest BCUT2D eigenvalue weighted by Gasteiger charge is 2.19. The Morgan fingerprint density at radius 2 is 2.18 bits per heavy atom. The Hall–Kier alpha value is -1.69. The maximum atomic E-state index is 10.5. The van der Waals surface area contributed by atoms with Crippen molar-refractivity contribution in [2.45, 2.75) is 12.8 Å². The van der Waals surface area contributed by atoms with Crippen LogP contribution in [0.1, 0.15) is 12.8 Å². The fourth-order valence-corrected chi connectivity index (χ4v) is 2.07. The van der Waals surface area contributed by atoms with Crippen LogP contribution in [0.2, 0.25) is 0 Å². The molecule has 1 aromatic rings. The molecule has 0 unspecified atom stereocenters. The summed E-state index contributed by atoms with van der Waals surface area (Å²) in [5, 5.41) is 10.5. The highest BCUT2D eigenvalue weighted by Crippen LogP contribution is 2.22. The molecule has 92 valence electrons. The quantitative estimate of drug-likeness (QED) is 0.628. The van der Waals surface area contributed by atoms with E-state index >= 15 is 0 Å². The largest absolute Gasteiger partial charge is 0.357 e. The summed E-state index contributed by atoms with van der Waals surface area (Å²) in [5.74, 6) is 1.41. The van der Waals surface area contributed by atoms with Crippen LogP contribution in [0.4, 0.5) is 11.5 Å². The van der Waals surface area contributed by atoms with Gasteiger partial charge in [0.25, 0.3) is 5.69 Å². The van der Waals surface area contributed by atoms with E-state index in [0.29, 0.717) is 5.92 Å². The predicted octanol–water partition coefficient (Wildman–Crippen LogP) is 1.16. The summed E-state index contributed by atoms with van der Waals surface area (Å²) in [6.45, 7) is 2.58. The summed E-state index contributed by atoms with van der Waals surface area (Å²) in [4.78, 5) is 16.4. The highest BCUT2D eigenvalue weighted by atomic mass is 16.6. The van der Waals surface area contributed by atoms with Gasteiger partial charge in [0.15, 0.2) is 0 Å². The van der Waals surface area contributed by atoms with Crippen molar-refractivity contribution in [1.29, 1.82) is 0 Å². The number of pyridine rings is 1. The van der Waals surface area contributed by atoms with Crippen LogP contribution in [0, 0.1) is 16.0 Å². The van der Waals surface area contributed by atoms with Gasteiger partial charge in [0.05, 0.1) is 4.92 Å². The third kappa shape index (κ3) is 2.71. The van der Waals surface area contributed by atoms with E-state index in [9.17, 15) is 10.1 Å². The second-order valence-corrected chi connectivity index (χ2v) is 4.30. The van der Waals surface area contributed by atoms with Crippen molar-refractivity contribution in [2.24, 2.45) is 11.7 Å². The Morgan fingerprint density at radius 1 is 1.47 bits per heavy atom. The van der Waals surface area contributed by atoms with Gasteiger partial charge in [0, 0.05) is 19.2 Å². The van der Waals surface area contributed by atoms with E-state index in [1.165, 1.54) is 12.3 Å². The molecule has 0 aliphatic carbocycles. The van der Waals surface area contributed by atoms with E-state index in [1.807, 2.05) is 0 Å². The van der Waals surface area contributed by atoms with E-state index in [0.717, 1.165) is 38.3 Å². The molecule has 0 atom stereocenters. The minimum absolute atomic E-state index is 0.0330. The van der Waals surface area contributed by atoms with E-state index in [2.05, 4.69) is 9.88 Å². The lowest BCUT2D eigenvalue weighted by atomic mass is 9.97. The van der Waals surface area contributed by atoms with Gasteiger partial charge < -0.3 is 10.6 Å². The van der Waals surface area contributed by atoms with Gasteiger partial charge in [-0.15, -0.1) is 0 Å². The van der Waals surface area contributed by atoms with Gasteiger partial charge >= 0.3 is 0 Å². The van der Waals surface area contributed by atoms with Crippen LogP contribution in [-0.4, -0.2) is 29.5 Å². The Balaban J connectivity index is 2.01. The lowest BCUT2D eigenvalue weighted by Crippen LogP contribution is -2.36. The average Bonchev–Trinajstić information content (AvgIpc) is 2.39. The molecule has 0 radical (unpaired) electrons. The van der Waals surface area contributed by atoms with Crippen molar-refractivity contribution in [3.63, 3.8) is 0 Å². The monoisotopic (exact) mass is 236 g/mol. The Morgan fingerprint density at radius 3 is 2.65 bits per heavy atom. The van der Waals surface area contributed by atoms with Crippen molar-refractivity contribution >= 4 is 11.5 Å². The van der Waals surface area contributed by atoms with Crippen molar-refractivity contribution in [3.8, 4) is 0 Å². The van der Waals surface area contributed by atoms with Crippen LogP contribution in [0.5, 0.6) is 0 Å². The molecule has 6 nitrogen and oxygen atoms in total. The highest BCUT2D eigenvalue weighted by molar-refractivity contribution is 5.43. The van der Waals surface area contributed by atoms with Crippen LogP contribution in [0.3, 0.4) is 0 Å². The third-order valence-corrected chi connectivity index (χ3v) is 3.21. The molecule has 0 bridgehead atoms. The van der Waals surface area contributed by atoms with E-state index in [4.69, 9.17) is 5.73 Å². The first-order chi connectivity index (χ1) is 8.20. The summed E-state index contributed by atoms with van der Waals surface area (Å²) in [7, 11) is 0. The van der Waals surface area contributed by atoms with Crippen molar-refractivity contribution in [3.05, 3.63) is 28.4 Å². The molecular formula is C11H16N4O2. The number of aromatic nitrogens is 1. The van der Waals surface area contributed by atoms with Crippen molar-refractivity contribution in [1.82, 2.24) is 4.98 Å². The molecule has 1 saturated heterocycles. The molecule has 17 heavy (non-hydrogen) atoms. The zero-order valence-electron chi connectivity index (χ0n) is 9.58. The molecule has 0 saturated carbocycles. The number of nitro groups is 1. The molecule has 6 heteroatoms. The molecule has 0 aromatic carbocycles. The first-order valence-electron chi connectivity index (χ1n) is 5.76. The topological polar surface area (TPSA) is 85.3 Å². The van der Waals surface area contributed by atoms with E-state index < -0.39 is 4.92 Å². The summed E-state index contributed by atoms with van der Waals surface area (Å²) in [6.07, 6.45) is 3.44. The molecule has 0 amide bonds.